The standard InChI is InChI=1S/C16H16BrF3S/c1-15(2,3)13-8-7-12(21-13)14(17)10-5-4-6-11(9-10)16(18,19)20/h4-9,14H,1-3H3. The van der Waals surface area contributed by atoms with Crippen molar-refractivity contribution < 1.29 is 13.2 Å². The van der Waals surface area contributed by atoms with Crippen LogP contribution in [0.25, 0.3) is 0 Å². The van der Waals surface area contributed by atoms with Gasteiger partial charge in [0.05, 0.1) is 10.4 Å². The molecule has 0 nitrogen and oxygen atoms in total. The van der Waals surface area contributed by atoms with E-state index < -0.39 is 11.7 Å². The van der Waals surface area contributed by atoms with E-state index in [-0.39, 0.29) is 10.2 Å². The summed E-state index contributed by atoms with van der Waals surface area (Å²) in [7, 11) is 0. The zero-order valence-corrected chi connectivity index (χ0v) is 14.4. The highest BCUT2D eigenvalue weighted by Crippen LogP contribution is 2.40. The number of thiophene rings is 1. The van der Waals surface area contributed by atoms with Crippen molar-refractivity contribution in [3.05, 3.63) is 57.3 Å². The van der Waals surface area contributed by atoms with Crippen LogP contribution in [-0.4, -0.2) is 0 Å². The lowest BCUT2D eigenvalue weighted by atomic mass is 9.95. The van der Waals surface area contributed by atoms with Crippen molar-refractivity contribution >= 4 is 27.3 Å². The quantitative estimate of drug-likeness (QED) is 0.521. The molecule has 0 saturated heterocycles. The van der Waals surface area contributed by atoms with Crippen LogP contribution in [0.3, 0.4) is 0 Å². The fourth-order valence-electron chi connectivity index (χ4n) is 1.93. The molecule has 5 heteroatoms. The molecule has 0 fully saturated rings. The molecule has 1 atom stereocenters. The second kappa shape index (κ2) is 5.76. The van der Waals surface area contributed by atoms with E-state index in [4.69, 9.17) is 0 Å². The van der Waals surface area contributed by atoms with Gasteiger partial charge < -0.3 is 0 Å². The Morgan fingerprint density at radius 3 is 2.24 bits per heavy atom. The van der Waals surface area contributed by atoms with E-state index in [1.165, 1.54) is 17.0 Å². The predicted octanol–water partition coefficient (Wildman–Crippen LogP) is 6.55. The number of alkyl halides is 4. The summed E-state index contributed by atoms with van der Waals surface area (Å²) >= 11 is 5.15. The lowest BCUT2D eigenvalue weighted by molar-refractivity contribution is -0.137. The molecule has 0 radical (unpaired) electrons. The van der Waals surface area contributed by atoms with Gasteiger partial charge in [-0.05, 0) is 29.2 Å². The SMILES string of the molecule is CC(C)(C)c1ccc(C(Br)c2cccc(C(F)(F)F)c2)s1. The predicted molar refractivity (Wildman–Crippen MR) is 85.2 cm³/mol. The van der Waals surface area contributed by atoms with Crippen molar-refractivity contribution in [1.29, 1.82) is 0 Å². The molecule has 0 spiro atoms. The summed E-state index contributed by atoms with van der Waals surface area (Å²) in [6.07, 6.45) is -4.31. The lowest BCUT2D eigenvalue weighted by Gasteiger charge is -2.16. The van der Waals surface area contributed by atoms with Crippen LogP contribution < -0.4 is 0 Å². The molecule has 2 rings (SSSR count). The van der Waals surface area contributed by atoms with Gasteiger partial charge in [0.2, 0.25) is 0 Å². The molecule has 0 amide bonds. The molecule has 2 aromatic rings. The topological polar surface area (TPSA) is 0 Å². The van der Waals surface area contributed by atoms with Crippen molar-refractivity contribution in [1.82, 2.24) is 0 Å². The third-order valence-electron chi connectivity index (χ3n) is 3.12. The molecule has 0 saturated carbocycles. The first-order chi connectivity index (χ1) is 9.59. The van der Waals surface area contributed by atoms with Gasteiger partial charge in [0.15, 0.2) is 0 Å². The van der Waals surface area contributed by atoms with E-state index in [1.54, 1.807) is 17.4 Å². The Morgan fingerprint density at radius 1 is 1.05 bits per heavy atom. The molecule has 1 unspecified atom stereocenters. The molecule has 0 N–H and O–H groups in total. The minimum atomic E-state index is -4.31. The summed E-state index contributed by atoms with van der Waals surface area (Å²) < 4.78 is 38.3. The number of rotatable bonds is 2. The first kappa shape index (κ1) is 16.6. The Kier molecular flexibility index (Phi) is 4.54. The Hall–Kier alpha value is -0.810. The van der Waals surface area contributed by atoms with Crippen molar-refractivity contribution in [3.63, 3.8) is 0 Å². The molecule has 1 heterocycles. The lowest BCUT2D eigenvalue weighted by Crippen LogP contribution is -2.07. The average molecular weight is 377 g/mol. The van der Waals surface area contributed by atoms with Gasteiger partial charge in [-0.25, -0.2) is 0 Å². The zero-order valence-electron chi connectivity index (χ0n) is 12.0. The molecule has 114 valence electrons. The maximum Gasteiger partial charge on any atom is 0.416 e. The van der Waals surface area contributed by atoms with Crippen molar-refractivity contribution in [2.24, 2.45) is 0 Å². The van der Waals surface area contributed by atoms with Crippen LogP contribution in [0.1, 0.15) is 46.5 Å². The van der Waals surface area contributed by atoms with E-state index in [1.807, 2.05) is 12.1 Å². The van der Waals surface area contributed by atoms with Crippen LogP contribution in [0.2, 0.25) is 0 Å². The molecule has 1 aromatic carbocycles. The van der Waals surface area contributed by atoms with Gasteiger partial charge in [0.1, 0.15) is 0 Å². The van der Waals surface area contributed by atoms with E-state index in [0.717, 1.165) is 10.9 Å². The zero-order chi connectivity index (χ0) is 15.8. The third kappa shape index (κ3) is 3.89. The summed E-state index contributed by atoms with van der Waals surface area (Å²) in [5, 5.41) is 0. The molecule has 1 aromatic heterocycles. The van der Waals surface area contributed by atoms with E-state index in [0.29, 0.717) is 5.56 Å². The van der Waals surface area contributed by atoms with Crippen molar-refractivity contribution in [3.8, 4) is 0 Å². The van der Waals surface area contributed by atoms with Crippen LogP contribution in [0.5, 0.6) is 0 Å². The fourth-order valence-corrected chi connectivity index (χ4v) is 3.72. The summed E-state index contributed by atoms with van der Waals surface area (Å²) in [5.74, 6) is 0. The Labute approximate surface area is 135 Å². The van der Waals surface area contributed by atoms with Crippen LogP contribution in [0, 0.1) is 0 Å². The smallest absolute Gasteiger partial charge is 0.166 e. The molecule has 0 aliphatic carbocycles. The molecular formula is C16H16BrF3S. The van der Waals surface area contributed by atoms with Gasteiger partial charge in [-0.1, -0.05) is 54.9 Å². The summed E-state index contributed by atoms with van der Waals surface area (Å²) in [6, 6.07) is 9.48. The average Bonchev–Trinajstić information content (AvgIpc) is 2.86. The second-order valence-corrected chi connectivity index (χ2v) is 7.97. The first-order valence-electron chi connectivity index (χ1n) is 6.50. The van der Waals surface area contributed by atoms with Gasteiger partial charge in [-0.15, -0.1) is 11.3 Å². The number of hydrogen-bond donors (Lipinski definition) is 0. The fraction of sp³-hybridized carbons (Fsp3) is 0.375. The molecule has 0 aliphatic heterocycles. The molecule has 0 bridgehead atoms. The highest BCUT2D eigenvalue weighted by atomic mass is 79.9. The number of benzene rings is 1. The summed E-state index contributed by atoms with van der Waals surface area (Å²) in [6.45, 7) is 6.36. The third-order valence-corrected chi connectivity index (χ3v) is 6.02. The normalized spacial score (nSPS) is 14.2. The summed E-state index contributed by atoms with van der Waals surface area (Å²) in [5.41, 5.74) is 0.0490. The Morgan fingerprint density at radius 2 is 1.71 bits per heavy atom. The molecular weight excluding hydrogens is 361 g/mol. The van der Waals surface area contributed by atoms with Gasteiger partial charge in [-0.3, -0.25) is 0 Å². The maximum absolute atomic E-state index is 12.8. The monoisotopic (exact) mass is 376 g/mol. The molecule has 21 heavy (non-hydrogen) atoms. The van der Waals surface area contributed by atoms with Gasteiger partial charge >= 0.3 is 6.18 Å². The van der Waals surface area contributed by atoms with Gasteiger partial charge in [0.25, 0.3) is 0 Å². The largest absolute Gasteiger partial charge is 0.416 e. The summed E-state index contributed by atoms with van der Waals surface area (Å²) in [4.78, 5) is 2.01. The Bertz CT molecular complexity index is 623. The molecule has 0 aliphatic rings. The first-order valence-corrected chi connectivity index (χ1v) is 8.23. The van der Waals surface area contributed by atoms with Crippen molar-refractivity contribution in [2.75, 3.05) is 0 Å². The van der Waals surface area contributed by atoms with Gasteiger partial charge in [0, 0.05) is 9.75 Å². The highest BCUT2D eigenvalue weighted by molar-refractivity contribution is 9.09. The highest BCUT2D eigenvalue weighted by Gasteiger charge is 2.31. The second-order valence-electron chi connectivity index (χ2n) is 5.94. The van der Waals surface area contributed by atoms with Gasteiger partial charge in [-0.2, -0.15) is 13.2 Å². The number of halogens is 4. The van der Waals surface area contributed by atoms with Crippen LogP contribution in [0.4, 0.5) is 13.2 Å². The minimum Gasteiger partial charge on any atom is -0.166 e. The van der Waals surface area contributed by atoms with E-state index >= 15 is 0 Å². The number of hydrogen-bond acceptors (Lipinski definition) is 1. The van der Waals surface area contributed by atoms with Crippen molar-refractivity contribution in [2.45, 2.75) is 37.2 Å². The van der Waals surface area contributed by atoms with E-state index in [2.05, 4.69) is 36.7 Å². The Balaban J connectivity index is 2.32. The minimum absolute atomic E-state index is 0.0451. The van der Waals surface area contributed by atoms with Crippen LogP contribution in [-0.2, 0) is 11.6 Å². The maximum atomic E-state index is 12.8. The van der Waals surface area contributed by atoms with Crippen LogP contribution in [0.15, 0.2) is 36.4 Å². The van der Waals surface area contributed by atoms with Crippen LogP contribution >= 0.6 is 27.3 Å². The van der Waals surface area contributed by atoms with E-state index in [9.17, 15) is 13.2 Å².